The molecule has 5 nitrogen and oxygen atoms in total. The zero-order chi connectivity index (χ0) is 18.2. The minimum Gasteiger partial charge on any atom is -0.444 e. The van der Waals surface area contributed by atoms with Gasteiger partial charge in [0, 0.05) is 24.8 Å². The molecule has 0 unspecified atom stereocenters. The first-order valence-electron chi connectivity index (χ1n) is 8.16. The van der Waals surface area contributed by atoms with E-state index in [0.29, 0.717) is 18.1 Å². The topological polar surface area (TPSA) is 68.5 Å². The van der Waals surface area contributed by atoms with Gasteiger partial charge in [0.15, 0.2) is 0 Å². The number of likely N-dealkylation sites (tertiary alicyclic amines) is 1. The molecule has 6 heteroatoms. The van der Waals surface area contributed by atoms with E-state index < -0.39 is 11.1 Å². The van der Waals surface area contributed by atoms with Crippen LogP contribution in [0.25, 0.3) is 11.3 Å². The summed E-state index contributed by atoms with van der Waals surface area (Å²) in [4.78, 5) is 18.0. The predicted octanol–water partition coefficient (Wildman–Crippen LogP) is 3.81. The van der Waals surface area contributed by atoms with Crippen molar-refractivity contribution in [3.8, 4) is 11.3 Å². The summed E-state index contributed by atoms with van der Waals surface area (Å²) < 4.78 is 5.37. The first-order valence-corrected chi connectivity index (χ1v) is 8.53. The van der Waals surface area contributed by atoms with Crippen LogP contribution in [0.2, 0.25) is 5.02 Å². The van der Waals surface area contributed by atoms with Crippen LogP contribution in [0.15, 0.2) is 42.6 Å². The number of hydrogen-bond acceptors (Lipinski definition) is 4. The Balaban J connectivity index is 1.67. The van der Waals surface area contributed by atoms with Crippen molar-refractivity contribution in [2.24, 2.45) is 5.73 Å². The number of aromatic nitrogens is 1. The van der Waals surface area contributed by atoms with Gasteiger partial charge in [-0.05, 0) is 38.5 Å². The maximum atomic E-state index is 12.1. The van der Waals surface area contributed by atoms with Crippen molar-refractivity contribution in [3.05, 3.63) is 53.2 Å². The molecule has 0 atom stereocenters. The van der Waals surface area contributed by atoms with Crippen molar-refractivity contribution in [3.63, 3.8) is 0 Å². The van der Waals surface area contributed by atoms with E-state index in [1.54, 1.807) is 11.1 Å². The van der Waals surface area contributed by atoms with E-state index in [2.05, 4.69) is 4.98 Å². The highest BCUT2D eigenvalue weighted by Gasteiger charge is 2.44. The standard InChI is InChI=1S/C19H22ClN3O2/c1-18(2,3)25-17(24)23-11-19(21,12-23)14-6-4-13(5-7-14)16-9-8-15(20)10-22-16/h4-10H,11-12,21H2,1-3H3. The molecule has 0 saturated carbocycles. The van der Waals surface area contributed by atoms with Crippen LogP contribution < -0.4 is 5.73 Å². The van der Waals surface area contributed by atoms with E-state index in [0.717, 1.165) is 16.8 Å². The molecule has 0 spiro atoms. The fourth-order valence-corrected chi connectivity index (χ4v) is 2.90. The Morgan fingerprint density at radius 3 is 2.36 bits per heavy atom. The molecule has 25 heavy (non-hydrogen) atoms. The fraction of sp³-hybridized carbons (Fsp3) is 0.368. The SMILES string of the molecule is CC(C)(C)OC(=O)N1CC(N)(c2ccc(-c3ccc(Cl)cn3)cc2)C1. The first-order chi connectivity index (χ1) is 11.7. The summed E-state index contributed by atoms with van der Waals surface area (Å²) in [6.45, 7) is 6.44. The molecule has 2 heterocycles. The summed E-state index contributed by atoms with van der Waals surface area (Å²) >= 11 is 5.87. The number of hydrogen-bond donors (Lipinski definition) is 1. The third-order valence-electron chi connectivity index (χ3n) is 4.08. The molecule has 3 rings (SSSR count). The van der Waals surface area contributed by atoms with Crippen molar-refractivity contribution < 1.29 is 9.53 Å². The number of pyridine rings is 1. The minimum absolute atomic E-state index is 0.324. The first kappa shape index (κ1) is 17.7. The molecule has 0 radical (unpaired) electrons. The smallest absolute Gasteiger partial charge is 0.410 e. The lowest BCUT2D eigenvalue weighted by molar-refractivity contribution is -0.00888. The summed E-state index contributed by atoms with van der Waals surface area (Å²) in [7, 11) is 0. The lowest BCUT2D eigenvalue weighted by atomic mass is 9.83. The van der Waals surface area contributed by atoms with Crippen LogP contribution >= 0.6 is 11.6 Å². The Kier molecular flexibility index (Phi) is 4.47. The molecule has 1 amide bonds. The van der Waals surface area contributed by atoms with Crippen molar-refractivity contribution in [1.29, 1.82) is 0 Å². The van der Waals surface area contributed by atoms with Crippen LogP contribution in [0.3, 0.4) is 0 Å². The van der Waals surface area contributed by atoms with E-state index in [4.69, 9.17) is 22.1 Å². The van der Waals surface area contributed by atoms with E-state index in [1.165, 1.54) is 0 Å². The van der Waals surface area contributed by atoms with Gasteiger partial charge in [-0.3, -0.25) is 4.98 Å². The molecule has 1 aliphatic rings. The zero-order valence-electron chi connectivity index (χ0n) is 14.6. The maximum absolute atomic E-state index is 12.1. The second-order valence-electron chi connectivity index (χ2n) is 7.43. The molecule has 0 bridgehead atoms. The van der Waals surface area contributed by atoms with Crippen molar-refractivity contribution in [2.75, 3.05) is 13.1 Å². The van der Waals surface area contributed by atoms with Crippen LogP contribution in [-0.2, 0) is 10.3 Å². The van der Waals surface area contributed by atoms with Gasteiger partial charge >= 0.3 is 6.09 Å². The third-order valence-corrected chi connectivity index (χ3v) is 4.30. The van der Waals surface area contributed by atoms with Crippen LogP contribution in [0, 0.1) is 0 Å². The highest BCUT2D eigenvalue weighted by molar-refractivity contribution is 6.30. The molecule has 2 aromatic rings. The molecule has 2 N–H and O–H groups in total. The van der Waals surface area contributed by atoms with Crippen LogP contribution in [0.1, 0.15) is 26.3 Å². The molecule has 1 fully saturated rings. The number of carbonyl (C=O) groups is 1. The van der Waals surface area contributed by atoms with E-state index in [-0.39, 0.29) is 6.09 Å². The van der Waals surface area contributed by atoms with Crippen molar-refractivity contribution >= 4 is 17.7 Å². The Hall–Kier alpha value is -2.11. The summed E-state index contributed by atoms with van der Waals surface area (Å²) in [5, 5.41) is 0.609. The van der Waals surface area contributed by atoms with Gasteiger partial charge in [-0.2, -0.15) is 0 Å². The number of rotatable bonds is 2. The summed E-state index contributed by atoms with van der Waals surface area (Å²) in [5.74, 6) is 0. The van der Waals surface area contributed by atoms with E-state index >= 15 is 0 Å². The summed E-state index contributed by atoms with van der Waals surface area (Å²) in [6.07, 6.45) is 1.30. The number of halogens is 1. The fourth-order valence-electron chi connectivity index (χ4n) is 2.79. The van der Waals surface area contributed by atoms with Crippen LogP contribution in [0.5, 0.6) is 0 Å². The molecule has 1 aromatic heterocycles. The molecule has 1 aliphatic heterocycles. The summed E-state index contributed by atoms with van der Waals surface area (Å²) in [6, 6.07) is 11.6. The zero-order valence-corrected chi connectivity index (χ0v) is 15.4. The highest BCUT2D eigenvalue weighted by atomic mass is 35.5. The van der Waals surface area contributed by atoms with E-state index in [1.807, 2.05) is 57.2 Å². The number of carbonyl (C=O) groups excluding carboxylic acids is 1. The number of amides is 1. The maximum Gasteiger partial charge on any atom is 0.410 e. The number of nitrogens with two attached hydrogens (primary N) is 1. The highest BCUT2D eigenvalue weighted by Crippen LogP contribution is 2.32. The van der Waals surface area contributed by atoms with Crippen molar-refractivity contribution in [1.82, 2.24) is 9.88 Å². The van der Waals surface area contributed by atoms with Gasteiger partial charge in [0.25, 0.3) is 0 Å². The van der Waals surface area contributed by atoms with Gasteiger partial charge in [0.2, 0.25) is 0 Å². The molecular formula is C19H22ClN3O2. The van der Waals surface area contributed by atoms with Gasteiger partial charge in [-0.25, -0.2) is 4.79 Å². The quantitative estimate of drug-likeness (QED) is 0.885. The monoisotopic (exact) mass is 359 g/mol. The normalized spacial score (nSPS) is 16.3. The van der Waals surface area contributed by atoms with E-state index in [9.17, 15) is 4.79 Å². The lowest BCUT2D eigenvalue weighted by Crippen LogP contribution is -2.66. The minimum atomic E-state index is -0.539. The van der Waals surface area contributed by atoms with Crippen LogP contribution in [0.4, 0.5) is 4.79 Å². The second kappa shape index (κ2) is 6.32. The van der Waals surface area contributed by atoms with Gasteiger partial charge in [-0.15, -0.1) is 0 Å². The molecule has 0 aliphatic carbocycles. The van der Waals surface area contributed by atoms with Crippen LogP contribution in [-0.4, -0.2) is 34.7 Å². The average Bonchev–Trinajstić information content (AvgIpc) is 2.51. The Bertz CT molecular complexity index is 761. The number of nitrogens with zero attached hydrogens (tertiary/aromatic N) is 2. The molecule has 1 saturated heterocycles. The largest absolute Gasteiger partial charge is 0.444 e. The Morgan fingerprint density at radius 2 is 1.84 bits per heavy atom. The molecule has 132 valence electrons. The van der Waals surface area contributed by atoms with Crippen molar-refractivity contribution in [2.45, 2.75) is 31.9 Å². The van der Waals surface area contributed by atoms with Gasteiger partial charge in [0.1, 0.15) is 5.60 Å². The number of ether oxygens (including phenoxy) is 1. The Morgan fingerprint density at radius 1 is 1.20 bits per heavy atom. The van der Waals surface area contributed by atoms with Gasteiger partial charge < -0.3 is 15.4 Å². The number of benzene rings is 1. The summed E-state index contributed by atoms with van der Waals surface area (Å²) in [5.41, 5.74) is 8.24. The van der Waals surface area contributed by atoms with Gasteiger partial charge in [-0.1, -0.05) is 35.9 Å². The average molecular weight is 360 g/mol. The second-order valence-corrected chi connectivity index (χ2v) is 7.87. The lowest BCUT2D eigenvalue weighted by Gasteiger charge is -2.47. The van der Waals surface area contributed by atoms with Gasteiger partial charge in [0.05, 0.1) is 16.3 Å². The molecule has 1 aromatic carbocycles. The molecular weight excluding hydrogens is 338 g/mol. The Labute approximate surface area is 152 Å². The predicted molar refractivity (Wildman–Crippen MR) is 98.4 cm³/mol. The third kappa shape index (κ3) is 3.94.